The first kappa shape index (κ1) is 29.4. The number of carbonyl (C=O) groups excluding carboxylic acids is 1. The number of carbonyl (C=O) groups is 1. The summed E-state index contributed by atoms with van der Waals surface area (Å²) in [6.07, 6.45) is 8.94. The number of aromatic nitrogens is 1. The van der Waals surface area contributed by atoms with Crippen LogP contribution in [0.3, 0.4) is 0 Å². The molecule has 2 heterocycles. The first-order valence-corrected chi connectivity index (χ1v) is 15.5. The van der Waals surface area contributed by atoms with Crippen molar-refractivity contribution >= 4 is 44.5 Å². The minimum Gasteiger partial charge on any atom is -0.370 e. The van der Waals surface area contributed by atoms with E-state index in [1.807, 2.05) is 12.1 Å². The molecule has 0 atom stereocenters. The van der Waals surface area contributed by atoms with Crippen molar-refractivity contribution in [3.63, 3.8) is 0 Å². The molecule has 4 rings (SSSR count). The summed E-state index contributed by atoms with van der Waals surface area (Å²) in [5.74, 6) is 0.376. The van der Waals surface area contributed by atoms with Gasteiger partial charge in [0.25, 0.3) is 0 Å². The number of benzene rings is 1. The molecule has 0 bridgehead atoms. The molecular formula is C29H39N7O3S. The average molecular weight is 566 g/mol. The van der Waals surface area contributed by atoms with E-state index in [-0.39, 0.29) is 18.0 Å². The zero-order valence-corrected chi connectivity index (χ0v) is 24.3. The first-order valence-electron chi connectivity index (χ1n) is 13.7. The molecule has 1 saturated carbocycles. The summed E-state index contributed by atoms with van der Waals surface area (Å²) in [6, 6.07) is 9.57. The zero-order valence-electron chi connectivity index (χ0n) is 23.5. The highest BCUT2D eigenvalue weighted by Crippen LogP contribution is 2.37. The summed E-state index contributed by atoms with van der Waals surface area (Å²) >= 11 is 0. The standard InChI is InChI=1S/C29H39N7O3S/c1-6-29(37)33-26-19-25(12-13-27(26)35-17-15-23(16-18-35)34(3)4)36(40(5,38)39)24-10-7-21(8-11-24)32-28-14-9-22(30-2)20-31-28/h6,9,12-14,19-21,23-24H,1,7-8,10-11,15-18H2,3-5H3,(H,31,32)(H,33,37). The van der Waals surface area contributed by atoms with Crippen LogP contribution in [0.5, 0.6) is 0 Å². The number of hydrogen-bond donors (Lipinski definition) is 2. The van der Waals surface area contributed by atoms with Crippen molar-refractivity contribution in [2.75, 3.05) is 53.3 Å². The smallest absolute Gasteiger partial charge is 0.247 e. The highest BCUT2D eigenvalue weighted by atomic mass is 32.2. The molecule has 1 amide bonds. The molecule has 0 spiro atoms. The molecule has 40 heavy (non-hydrogen) atoms. The molecule has 2 aromatic rings. The van der Waals surface area contributed by atoms with Gasteiger partial charge in [-0.25, -0.2) is 13.3 Å². The number of sulfonamides is 1. The third-order valence-corrected chi connectivity index (χ3v) is 9.05. The second-order valence-corrected chi connectivity index (χ2v) is 12.7. The lowest BCUT2D eigenvalue weighted by atomic mass is 9.91. The monoisotopic (exact) mass is 565 g/mol. The molecule has 0 radical (unpaired) electrons. The summed E-state index contributed by atoms with van der Waals surface area (Å²) < 4.78 is 27.7. The van der Waals surface area contributed by atoms with Crippen LogP contribution in [-0.2, 0) is 14.8 Å². The van der Waals surface area contributed by atoms with Gasteiger partial charge in [-0.15, -0.1) is 0 Å². The van der Waals surface area contributed by atoms with Crippen molar-refractivity contribution in [2.24, 2.45) is 0 Å². The van der Waals surface area contributed by atoms with Gasteiger partial charge in [-0.3, -0.25) is 14.1 Å². The van der Waals surface area contributed by atoms with Crippen molar-refractivity contribution in [3.8, 4) is 0 Å². The number of nitrogens with zero attached hydrogens (tertiary/aromatic N) is 5. The van der Waals surface area contributed by atoms with Crippen molar-refractivity contribution in [3.05, 3.63) is 60.6 Å². The summed E-state index contributed by atoms with van der Waals surface area (Å²) in [6.45, 7) is 12.4. The van der Waals surface area contributed by atoms with Gasteiger partial charge in [0, 0.05) is 37.4 Å². The maximum absolute atomic E-state index is 13.1. The Morgan fingerprint density at radius 1 is 1.10 bits per heavy atom. The van der Waals surface area contributed by atoms with Crippen LogP contribution in [0.25, 0.3) is 4.85 Å². The van der Waals surface area contributed by atoms with Crippen molar-refractivity contribution < 1.29 is 13.2 Å². The van der Waals surface area contributed by atoms with Gasteiger partial charge in [0.2, 0.25) is 21.6 Å². The van der Waals surface area contributed by atoms with Gasteiger partial charge in [0.15, 0.2) is 0 Å². The third-order valence-electron chi connectivity index (χ3n) is 7.83. The number of rotatable bonds is 9. The van der Waals surface area contributed by atoms with Crippen LogP contribution in [0.4, 0.5) is 28.6 Å². The van der Waals surface area contributed by atoms with E-state index in [1.54, 1.807) is 24.4 Å². The third kappa shape index (κ3) is 7.11. The van der Waals surface area contributed by atoms with Crippen LogP contribution in [-0.4, -0.2) is 75.8 Å². The van der Waals surface area contributed by atoms with Gasteiger partial charge >= 0.3 is 0 Å². The highest BCUT2D eigenvalue weighted by Gasteiger charge is 2.32. The fourth-order valence-electron chi connectivity index (χ4n) is 5.72. The van der Waals surface area contributed by atoms with Gasteiger partial charge < -0.3 is 20.4 Å². The van der Waals surface area contributed by atoms with Gasteiger partial charge in [-0.2, -0.15) is 0 Å². The Bertz CT molecular complexity index is 1340. The lowest BCUT2D eigenvalue weighted by Gasteiger charge is -2.39. The van der Waals surface area contributed by atoms with Crippen molar-refractivity contribution in [1.29, 1.82) is 0 Å². The van der Waals surface area contributed by atoms with Gasteiger partial charge in [-0.1, -0.05) is 12.6 Å². The molecule has 1 aliphatic carbocycles. The lowest BCUT2D eigenvalue weighted by molar-refractivity contribution is -0.111. The topological polar surface area (TPSA) is 102 Å². The minimum absolute atomic E-state index is 0.166. The van der Waals surface area contributed by atoms with E-state index in [4.69, 9.17) is 6.57 Å². The molecule has 1 aromatic heterocycles. The fraction of sp³-hybridized carbons (Fsp3) is 0.483. The van der Waals surface area contributed by atoms with Gasteiger partial charge in [-0.05, 0) is 83.0 Å². The van der Waals surface area contributed by atoms with Crippen LogP contribution < -0.4 is 19.8 Å². The second kappa shape index (κ2) is 12.7. The zero-order chi connectivity index (χ0) is 28.9. The Morgan fingerprint density at radius 2 is 1.80 bits per heavy atom. The maximum Gasteiger partial charge on any atom is 0.247 e. The van der Waals surface area contributed by atoms with Crippen molar-refractivity contribution in [1.82, 2.24) is 9.88 Å². The molecular weight excluding hydrogens is 526 g/mol. The largest absolute Gasteiger partial charge is 0.370 e. The molecule has 1 saturated heterocycles. The minimum atomic E-state index is -3.59. The van der Waals surface area contributed by atoms with Crippen LogP contribution in [0.1, 0.15) is 38.5 Å². The van der Waals surface area contributed by atoms with E-state index >= 15 is 0 Å². The van der Waals surface area contributed by atoms with Crippen LogP contribution >= 0.6 is 0 Å². The van der Waals surface area contributed by atoms with Crippen molar-refractivity contribution in [2.45, 2.75) is 56.7 Å². The van der Waals surface area contributed by atoms with Gasteiger partial charge in [0.05, 0.1) is 29.9 Å². The summed E-state index contributed by atoms with van der Waals surface area (Å²) in [4.78, 5) is 24.5. The van der Waals surface area contributed by atoms with Crippen LogP contribution in [0.15, 0.2) is 49.2 Å². The van der Waals surface area contributed by atoms with E-state index in [2.05, 4.69) is 50.9 Å². The Kier molecular flexibility index (Phi) is 9.32. The number of piperidine rings is 1. The Balaban J connectivity index is 1.53. The number of nitrogens with one attached hydrogen (secondary N) is 2. The maximum atomic E-state index is 13.1. The quantitative estimate of drug-likeness (QED) is 0.342. The Labute approximate surface area is 237 Å². The first-order chi connectivity index (χ1) is 19.1. The fourth-order valence-corrected chi connectivity index (χ4v) is 6.97. The molecule has 1 aromatic carbocycles. The molecule has 2 aliphatic rings. The lowest BCUT2D eigenvalue weighted by Crippen LogP contribution is -2.44. The number of hydrogen-bond acceptors (Lipinski definition) is 7. The molecule has 0 unspecified atom stereocenters. The van der Waals surface area contributed by atoms with Crippen LogP contribution in [0.2, 0.25) is 0 Å². The predicted octanol–water partition coefficient (Wildman–Crippen LogP) is 4.48. The van der Waals surface area contributed by atoms with E-state index in [1.165, 1.54) is 16.6 Å². The number of amides is 1. The second-order valence-electron chi connectivity index (χ2n) is 10.8. The molecule has 214 valence electrons. The number of pyridine rings is 1. The molecule has 1 aliphatic heterocycles. The SMILES string of the molecule is [C-]#[N+]c1ccc(NC2CCC(N(c3ccc(N4CCC(N(C)C)CC4)c(NC(=O)C=C)c3)S(C)(=O)=O)CC2)nc1. The average Bonchev–Trinajstić information content (AvgIpc) is 2.94. The Morgan fingerprint density at radius 3 is 2.35 bits per heavy atom. The normalized spacial score (nSPS) is 20.0. The molecule has 2 fully saturated rings. The Hall–Kier alpha value is -3.62. The molecule has 2 N–H and O–H groups in total. The van der Waals surface area contributed by atoms with E-state index in [9.17, 15) is 13.2 Å². The highest BCUT2D eigenvalue weighted by molar-refractivity contribution is 7.92. The van der Waals surface area contributed by atoms with E-state index in [0.717, 1.165) is 44.5 Å². The van der Waals surface area contributed by atoms with Crippen LogP contribution in [0, 0.1) is 6.57 Å². The summed E-state index contributed by atoms with van der Waals surface area (Å²) in [5.41, 5.74) is 2.50. The number of anilines is 4. The summed E-state index contributed by atoms with van der Waals surface area (Å²) in [5, 5.41) is 6.33. The van der Waals surface area contributed by atoms with Gasteiger partial charge in [0.1, 0.15) is 5.82 Å². The molecule has 11 heteroatoms. The molecule has 10 nitrogen and oxygen atoms in total. The van der Waals surface area contributed by atoms with E-state index < -0.39 is 10.0 Å². The predicted molar refractivity (Wildman–Crippen MR) is 162 cm³/mol. The summed E-state index contributed by atoms with van der Waals surface area (Å²) in [7, 11) is 0.606. The van der Waals surface area contributed by atoms with E-state index in [0.29, 0.717) is 41.8 Å².